The van der Waals surface area contributed by atoms with E-state index < -0.39 is 10.8 Å². The molecule has 0 atom stereocenters. The lowest BCUT2D eigenvalue weighted by Gasteiger charge is -1.96. The number of nitro groups is 1. The number of aryl methyl sites for hydroxylation is 1. The van der Waals surface area contributed by atoms with Crippen LogP contribution in [0.5, 0.6) is 0 Å². The average Bonchev–Trinajstić information content (AvgIpc) is 2.85. The highest BCUT2D eigenvalue weighted by Crippen LogP contribution is 2.11. The van der Waals surface area contributed by atoms with Crippen molar-refractivity contribution in [2.45, 2.75) is 6.92 Å². The molecule has 0 unspecified atom stereocenters. The summed E-state index contributed by atoms with van der Waals surface area (Å²) in [6.45, 7) is 1.57. The molecule has 2 rings (SSSR count). The van der Waals surface area contributed by atoms with Crippen molar-refractivity contribution in [1.82, 2.24) is 15.7 Å². The van der Waals surface area contributed by atoms with Gasteiger partial charge in [-0.3, -0.25) is 14.9 Å². The number of nitro benzene ring substituents is 1. The summed E-state index contributed by atoms with van der Waals surface area (Å²) < 4.78 is 4.39. The second-order valence-electron chi connectivity index (χ2n) is 3.75. The molecule has 1 N–H and O–H groups in total. The fourth-order valence-corrected chi connectivity index (χ4v) is 1.37. The summed E-state index contributed by atoms with van der Waals surface area (Å²) in [6, 6.07) is 5.83. The Morgan fingerprint density at radius 2 is 2.30 bits per heavy atom. The third kappa shape index (κ3) is 3.02. The van der Waals surface area contributed by atoms with Crippen molar-refractivity contribution in [3.63, 3.8) is 0 Å². The molecule has 0 aliphatic rings. The van der Waals surface area contributed by atoms with Gasteiger partial charge < -0.3 is 0 Å². The van der Waals surface area contributed by atoms with E-state index in [4.69, 9.17) is 0 Å². The zero-order valence-electron chi connectivity index (χ0n) is 10.3. The van der Waals surface area contributed by atoms with Crippen LogP contribution < -0.4 is 5.43 Å². The monoisotopic (exact) mass is 275 g/mol. The predicted molar refractivity (Wildman–Crippen MR) is 67.2 cm³/mol. The first-order valence-corrected chi connectivity index (χ1v) is 5.45. The van der Waals surface area contributed by atoms with Gasteiger partial charge in [0.2, 0.25) is 0 Å². The quantitative estimate of drug-likeness (QED) is 0.505. The van der Waals surface area contributed by atoms with Crippen molar-refractivity contribution < 1.29 is 14.3 Å². The van der Waals surface area contributed by atoms with Crippen molar-refractivity contribution >= 4 is 17.8 Å². The predicted octanol–water partition coefficient (Wildman–Crippen LogP) is 1.05. The van der Waals surface area contributed by atoms with E-state index in [1.807, 2.05) is 0 Å². The first kappa shape index (κ1) is 13.3. The Morgan fingerprint density at radius 3 is 2.95 bits per heavy atom. The Kier molecular flexibility index (Phi) is 3.80. The average molecular weight is 275 g/mol. The van der Waals surface area contributed by atoms with Crippen molar-refractivity contribution in [2.24, 2.45) is 5.10 Å². The molecule has 1 heterocycles. The lowest BCUT2D eigenvalue weighted by Crippen LogP contribution is -2.19. The number of nitrogens with zero attached hydrogens (tertiary/aromatic N) is 4. The minimum absolute atomic E-state index is 0.0289. The van der Waals surface area contributed by atoms with E-state index in [0.717, 1.165) is 0 Å². The van der Waals surface area contributed by atoms with Crippen molar-refractivity contribution in [3.05, 3.63) is 51.3 Å². The SMILES string of the molecule is Cc1nonc1C(=O)N/N=C/c1cccc([N+](=O)[O-])c1. The molecule has 0 saturated heterocycles. The van der Waals surface area contributed by atoms with Gasteiger partial charge in [0.05, 0.1) is 11.1 Å². The number of non-ortho nitro benzene ring substituents is 1. The van der Waals surface area contributed by atoms with E-state index in [-0.39, 0.29) is 11.4 Å². The fourth-order valence-electron chi connectivity index (χ4n) is 1.37. The first-order chi connectivity index (χ1) is 9.58. The van der Waals surface area contributed by atoms with Crippen molar-refractivity contribution in [2.75, 3.05) is 0 Å². The van der Waals surface area contributed by atoms with Crippen LogP contribution in [0.25, 0.3) is 0 Å². The number of hydrazone groups is 1. The van der Waals surface area contributed by atoms with Gasteiger partial charge in [0.1, 0.15) is 5.69 Å². The van der Waals surface area contributed by atoms with Crippen LogP contribution in [0, 0.1) is 17.0 Å². The highest BCUT2D eigenvalue weighted by Gasteiger charge is 2.13. The van der Waals surface area contributed by atoms with E-state index in [2.05, 4.69) is 25.5 Å². The number of amides is 1. The van der Waals surface area contributed by atoms with Gasteiger partial charge in [0.25, 0.3) is 11.6 Å². The standard InChI is InChI=1S/C11H9N5O4/c1-7-10(15-20-14-7)11(17)13-12-6-8-3-2-4-9(5-8)16(18)19/h2-6H,1H3,(H,13,17)/b12-6+. The lowest BCUT2D eigenvalue weighted by atomic mass is 10.2. The van der Waals surface area contributed by atoms with Crippen LogP contribution in [0.3, 0.4) is 0 Å². The highest BCUT2D eigenvalue weighted by atomic mass is 16.6. The van der Waals surface area contributed by atoms with Crippen LogP contribution in [0.1, 0.15) is 21.7 Å². The molecule has 0 aliphatic carbocycles. The van der Waals surface area contributed by atoms with Gasteiger partial charge in [0.15, 0.2) is 5.69 Å². The Balaban J connectivity index is 2.04. The van der Waals surface area contributed by atoms with Gasteiger partial charge in [-0.2, -0.15) is 5.10 Å². The molecule has 0 aliphatic heterocycles. The molecular weight excluding hydrogens is 266 g/mol. The molecule has 0 spiro atoms. The molecule has 0 bridgehead atoms. The summed E-state index contributed by atoms with van der Waals surface area (Å²) in [5.74, 6) is -0.578. The summed E-state index contributed by atoms with van der Waals surface area (Å²) in [6.07, 6.45) is 1.29. The number of carbonyl (C=O) groups is 1. The maximum Gasteiger partial charge on any atom is 0.295 e. The van der Waals surface area contributed by atoms with E-state index >= 15 is 0 Å². The summed E-state index contributed by atoms with van der Waals surface area (Å²) in [4.78, 5) is 21.7. The Labute approximate surface area is 112 Å². The van der Waals surface area contributed by atoms with Gasteiger partial charge in [-0.1, -0.05) is 17.3 Å². The molecule has 9 nitrogen and oxygen atoms in total. The Bertz CT molecular complexity index is 679. The van der Waals surface area contributed by atoms with E-state index in [0.29, 0.717) is 11.3 Å². The lowest BCUT2D eigenvalue weighted by molar-refractivity contribution is -0.384. The number of rotatable bonds is 4. The van der Waals surface area contributed by atoms with Crippen LogP contribution in [0.2, 0.25) is 0 Å². The third-order valence-electron chi connectivity index (χ3n) is 2.33. The zero-order valence-corrected chi connectivity index (χ0v) is 10.3. The molecule has 2 aromatic rings. The maximum absolute atomic E-state index is 11.6. The largest absolute Gasteiger partial charge is 0.295 e. The fraction of sp³-hybridized carbons (Fsp3) is 0.0909. The van der Waals surface area contributed by atoms with Crippen molar-refractivity contribution in [3.8, 4) is 0 Å². The van der Waals surface area contributed by atoms with Crippen LogP contribution in [0.15, 0.2) is 34.0 Å². The molecule has 0 saturated carbocycles. The molecule has 0 fully saturated rings. The van der Waals surface area contributed by atoms with Crippen molar-refractivity contribution in [1.29, 1.82) is 0 Å². The summed E-state index contributed by atoms with van der Waals surface area (Å²) in [5.41, 5.74) is 3.01. The van der Waals surface area contributed by atoms with Gasteiger partial charge in [-0.15, -0.1) is 0 Å². The van der Waals surface area contributed by atoms with E-state index in [1.54, 1.807) is 13.0 Å². The second-order valence-corrected chi connectivity index (χ2v) is 3.75. The molecule has 20 heavy (non-hydrogen) atoms. The topological polar surface area (TPSA) is 124 Å². The van der Waals surface area contributed by atoms with Gasteiger partial charge >= 0.3 is 0 Å². The molecule has 0 radical (unpaired) electrons. The maximum atomic E-state index is 11.6. The minimum atomic E-state index is -0.578. The Hall–Kier alpha value is -3.10. The number of hydrogen-bond donors (Lipinski definition) is 1. The molecule has 1 amide bonds. The first-order valence-electron chi connectivity index (χ1n) is 5.45. The number of nitrogens with one attached hydrogen (secondary N) is 1. The van der Waals surface area contributed by atoms with Crippen LogP contribution in [-0.4, -0.2) is 27.4 Å². The van der Waals surface area contributed by atoms with E-state index in [9.17, 15) is 14.9 Å². The molecule has 1 aromatic heterocycles. The number of hydrogen-bond acceptors (Lipinski definition) is 7. The van der Waals surface area contributed by atoms with Gasteiger partial charge in [0, 0.05) is 17.7 Å². The normalized spacial score (nSPS) is 10.7. The number of aromatic nitrogens is 2. The highest BCUT2D eigenvalue weighted by molar-refractivity contribution is 5.93. The van der Waals surface area contributed by atoms with Gasteiger partial charge in [-0.25, -0.2) is 10.1 Å². The molecular formula is C11H9N5O4. The number of carbonyl (C=O) groups excluding carboxylic acids is 1. The summed E-state index contributed by atoms with van der Waals surface area (Å²) in [5, 5.41) is 21.2. The van der Waals surface area contributed by atoms with Crippen LogP contribution in [0.4, 0.5) is 5.69 Å². The molecule has 9 heteroatoms. The Morgan fingerprint density at radius 1 is 1.50 bits per heavy atom. The summed E-state index contributed by atoms with van der Waals surface area (Å²) in [7, 11) is 0. The minimum Gasteiger partial charge on any atom is -0.265 e. The van der Waals surface area contributed by atoms with Crippen LogP contribution in [-0.2, 0) is 0 Å². The zero-order chi connectivity index (χ0) is 14.5. The smallest absolute Gasteiger partial charge is 0.265 e. The second kappa shape index (κ2) is 5.69. The molecule has 102 valence electrons. The summed E-state index contributed by atoms with van der Waals surface area (Å²) >= 11 is 0. The van der Waals surface area contributed by atoms with Crippen LogP contribution >= 0.6 is 0 Å². The molecule has 1 aromatic carbocycles. The van der Waals surface area contributed by atoms with Gasteiger partial charge in [-0.05, 0) is 12.1 Å². The third-order valence-corrected chi connectivity index (χ3v) is 2.33. The van der Waals surface area contributed by atoms with E-state index in [1.165, 1.54) is 24.4 Å². The number of benzene rings is 1.